The number of nitrogens with zero attached hydrogens (tertiary/aromatic N) is 3. The number of hydrogen-bond donors (Lipinski definition) is 2. The van der Waals surface area contributed by atoms with Gasteiger partial charge in [0.05, 0.1) is 12.7 Å². The van der Waals surface area contributed by atoms with E-state index in [1.165, 1.54) is 4.88 Å². The van der Waals surface area contributed by atoms with Crippen molar-refractivity contribution in [1.29, 1.82) is 0 Å². The largest absolute Gasteiger partial charge is 0.370 e. The standard InChI is InChI=1S/C18H21N5S/c1-23-13-16(12-22-23)15-5-2-4-14(10-15)11-21-18(19)20-8-7-17-6-3-9-24-17/h2-6,9-10,12-13H,7-8,11H2,1H3,(H3,19,20,21). The summed E-state index contributed by atoms with van der Waals surface area (Å²) >= 11 is 1.76. The molecule has 0 aliphatic carbocycles. The summed E-state index contributed by atoms with van der Waals surface area (Å²) in [4.78, 5) is 5.77. The van der Waals surface area contributed by atoms with Crippen LogP contribution in [0.3, 0.4) is 0 Å². The lowest BCUT2D eigenvalue weighted by Gasteiger charge is -2.05. The lowest BCUT2D eigenvalue weighted by Crippen LogP contribution is -2.33. The molecular weight excluding hydrogens is 318 g/mol. The lowest BCUT2D eigenvalue weighted by atomic mass is 10.1. The molecule has 0 aliphatic rings. The van der Waals surface area contributed by atoms with Crippen LogP contribution in [0.2, 0.25) is 0 Å². The van der Waals surface area contributed by atoms with Gasteiger partial charge < -0.3 is 11.1 Å². The number of rotatable bonds is 6. The van der Waals surface area contributed by atoms with E-state index >= 15 is 0 Å². The molecule has 3 aromatic rings. The number of benzene rings is 1. The first kappa shape index (κ1) is 16.3. The van der Waals surface area contributed by atoms with E-state index in [1.807, 2.05) is 25.5 Å². The van der Waals surface area contributed by atoms with E-state index in [0.29, 0.717) is 12.5 Å². The molecule has 0 amide bonds. The summed E-state index contributed by atoms with van der Waals surface area (Å²) in [7, 11) is 1.92. The molecule has 0 spiro atoms. The van der Waals surface area contributed by atoms with Crippen LogP contribution in [0.25, 0.3) is 11.1 Å². The molecular formula is C18H21N5S. The maximum Gasteiger partial charge on any atom is 0.188 e. The summed E-state index contributed by atoms with van der Waals surface area (Å²) < 4.78 is 1.80. The third-order valence-electron chi connectivity index (χ3n) is 3.65. The number of thiophene rings is 1. The minimum Gasteiger partial charge on any atom is -0.370 e. The average Bonchev–Trinajstić information content (AvgIpc) is 3.25. The van der Waals surface area contributed by atoms with Gasteiger partial charge in [-0.15, -0.1) is 11.3 Å². The predicted molar refractivity (Wildman–Crippen MR) is 100.0 cm³/mol. The normalized spacial score (nSPS) is 11.6. The SMILES string of the molecule is Cn1cc(-c2cccc(CN=C(N)NCCc3cccs3)c2)cn1. The van der Waals surface area contributed by atoms with Gasteiger partial charge in [0, 0.05) is 30.2 Å². The Balaban J connectivity index is 1.55. The number of nitrogens with two attached hydrogens (primary N) is 1. The molecule has 0 saturated carbocycles. The zero-order valence-corrected chi connectivity index (χ0v) is 14.5. The van der Waals surface area contributed by atoms with Crippen molar-refractivity contribution in [2.45, 2.75) is 13.0 Å². The van der Waals surface area contributed by atoms with Gasteiger partial charge in [0.15, 0.2) is 5.96 Å². The average molecular weight is 339 g/mol. The zero-order chi connectivity index (χ0) is 16.8. The second-order valence-corrected chi connectivity index (χ2v) is 6.59. The van der Waals surface area contributed by atoms with E-state index in [9.17, 15) is 0 Å². The van der Waals surface area contributed by atoms with Crippen molar-refractivity contribution >= 4 is 17.3 Å². The first-order valence-corrected chi connectivity index (χ1v) is 8.73. The Morgan fingerprint density at radius 3 is 2.96 bits per heavy atom. The maximum absolute atomic E-state index is 5.94. The molecule has 3 N–H and O–H groups in total. The van der Waals surface area contributed by atoms with Gasteiger partial charge in [-0.05, 0) is 35.1 Å². The van der Waals surface area contributed by atoms with Gasteiger partial charge >= 0.3 is 0 Å². The Bertz CT molecular complexity index is 804. The van der Waals surface area contributed by atoms with Crippen LogP contribution in [0.1, 0.15) is 10.4 Å². The highest BCUT2D eigenvalue weighted by Crippen LogP contribution is 2.19. The highest BCUT2D eigenvalue weighted by atomic mass is 32.1. The van der Waals surface area contributed by atoms with E-state index in [-0.39, 0.29) is 0 Å². The van der Waals surface area contributed by atoms with Crippen molar-refractivity contribution in [2.24, 2.45) is 17.8 Å². The van der Waals surface area contributed by atoms with Crippen molar-refractivity contribution in [3.05, 3.63) is 64.6 Å². The third kappa shape index (κ3) is 4.45. The van der Waals surface area contributed by atoms with Gasteiger partial charge in [-0.2, -0.15) is 5.10 Å². The van der Waals surface area contributed by atoms with Crippen LogP contribution in [0, 0.1) is 0 Å². The molecule has 0 unspecified atom stereocenters. The molecule has 24 heavy (non-hydrogen) atoms. The van der Waals surface area contributed by atoms with Gasteiger partial charge in [0.1, 0.15) is 0 Å². The van der Waals surface area contributed by atoms with Crippen molar-refractivity contribution < 1.29 is 0 Å². The molecule has 0 fully saturated rings. The topological polar surface area (TPSA) is 68.2 Å². The van der Waals surface area contributed by atoms with Gasteiger partial charge in [-0.1, -0.05) is 24.3 Å². The number of guanidine groups is 1. The number of aromatic nitrogens is 2. The molecule has 2 heterocycles. The van der Waals surface area contributed by atoms with E-state index in [4.69, 9.17) is 5.73 Å². The second kappa shape index (κ2) is 7.79. The maximum atomic E-state index is 5.94. The summed E-state index contributed by atoms with van der Waals surface area (Å²) in [5.74, 6) is 0.485. The monoisotopic (exact) mass is 339 g/mol. The molecule has 0 bridgehead atoms. The fourth-order valence-electron chi connectivity index (χ4n) is 2.42. The predicted octanol–water partition coefficient (Wildman–Crippen LogP) is 2.80. The van der Waals surface area contributed by atoms with Crippen LogP contribution >= 0.6 is 11.3 Å². The fraction of sp³-hybridized carbons (Fsp3) is 0.222. The molecule has 2 aromatic heterocycles. The van der Waals surface area contributed by atoms with Crippen LogP contribution in [-0.2, 0) is 20.0 Å². The Morgan fingerprint density at radius 1 is 1.29 bits per heavy atom. The van der Waals surface area contributed by atoms with Crippen LogP contribution in [0.5, 0.6) is 0 Å². The molecule has 5 nitrogen and oxygen atoms in total. The number of aryl methyl sites for hydroxylation is 1. The highest BCUT2D eigenvalue weighted by Gasteiger charge is 2.02. The van der Waals surface area contributed by atoms with Gasteiger partial charge in [-0.3, -0.25) is 4.68 Å². The lowest BCUT2D eigenvalue weighted by molar-refractivity contribution is 0.768. The zero-order valence-electron chi connectivity index (χ0n) is 13.6. The fourth-order valence-corrected chi connectivity index (χ4v) is 3.13. The Morgan fingerprint density at radius 2 is 2.21 bits per heavy atom. The van der Waals surface area contributed by atoms with Gasteiger partial charge in [0.25, 0.3) is 0 Å². The van der Waals surface area contributed by atoms with Crippen molar-refractivity contribution in [3.8, 4) is 11.1 Å². The van der Waals surface area contributed by atoms with Crippen LogP contribution < -0.4 is 11.1 Å². The minimum absolute atomic E-state index is 0.485. The van der Waals surface area contributed by atoms with Crippen molar-refractivity contribution in [3.63, 3.8) is 0 Å². The second-order valence-electron chi connectivity index (χ2n) is 5.56. The van der Waals surface area contributed by atoms with Gasteiger partial charge in [-0.25, -0.2) is 4.99 Å². The third-order valence-corrected chi connectivity index (χ3v) is 4.59. The molecule has 0 radical (unpaired) electrons. The van der Waals surface area contributed by atoms with Gasteiger partial charge in [0.2, 0.25) is 0 Å². The first-order chi connectivity index (χ1) is 11.7. The Kier molecular flexibility index (Phi) is 5.28. The molecule has 3 rings (SSSR count). The summed E-state index contributed by atoms with van der Waals surface area (Å²) in [5, 5.41) is 9.46. The quantitative estimate of drug-likeness (QED) is 0.536. The highest BCUT2D eigenvalue weighted by molar-refractivity contribution is 7.09. The smallest absolute Gasteiger partial charge is 0.188 e. The summed E-state index contributed by atoms with van der Waals surface area (Å²) in [6, 6.07) is 12.5. The van der Waals surface area contributed by atoms with Crippen LogP contribution in [-0.4, -0.2) is 22.3 Å². The van der Waals surface area contributed by atoms with Crippen LogP contribution in [0.4, 0.5) is 0 Å². The number of hydrogen-bond acceptors (Lipinski definition) is 3. The molecule has 6 heteroatoms. The van der Waals surface area contributed by atoms with Crippen molar-refractivity contribution in [2.75, 3.05) is 6.54 Å². The molecule has 0 aliphatic heterocycles. The van der Waals surface area contributed by atoms with Crippen LogP contribution in [0.15, 0.2) is 59.2 Å². The van der Waals surface area contributed by atoms with E-state index < -0.39 is 0 Å². The Labute approximate surface area is 145 Å². The summed E-state index contributed by atoms with van der Waals surface area (Å²) in [6.45, 7) is 1.36. The Hall–Kier alpha value is -2.60. The summed E-state index contributed by atoms with van der Waals surface area (Å²) in [6.07, 6.45) is 4.83. The minimum atomic E-state index is 0.485. The number of aliphatic imine (C=N–C) groups is 1. The molecule has 1 aromatic carbocycles. The first-order valence-electron chi connectivity index (χ1n) is 7.85. The van der Waals surface area contributed by atoms with Crippen molar-refractivity contribution in [1.82, 2.24) is 15.1 Å². The van der Waals surface area contributed by atoms with E-state index in [2.05, 4.69) is 51.1 Å². The van der Waals surface area contributed by atoms with E-state index in [0.717, 1.165) is 29.7 Å². The van der Waals surface area contributed by atoms with E-state index in [1.54, 1.807) is 16.0 Å². The number of nitrogens with one attached hydrogen (secondary N) is 1. The molecule has 0 atom stereocenters. The summed E-state index contributed by atoms with van der Waals surface area (Å²) in [5.41, 5.74) is 9.31. The molecule has 0 saturated heterocycles. The molecule has 124 valence electrons.